The van der Waals surface area contributed by atoms with Gasteiger partial charge in [-0.05, 0) is 57.3 Å². The van der Waals surface area contributed by atoms with Crippen molar-refractivity contribution >= 4 is 6.09 Å². The van der Waals surface area contributed by atoms with Gasteiger partial charge in [-0.25, -0.2) is 4.79 Å². The average molecular weight is 320 g/mol. The summed E-state index contributed by atoms with van der Waals surface area (Å²) in [6.07, 6.45) is 5.60. The Kier molecular flexibility index (Phi) is 2.93. The van der Waals surface area contributed by atoms with Crippen LogP contribution in [-0.4, -0.2) is 39.3 Å². The Bertz CT molecular complexity index is 619. The number of fused-ring (bicyclic) bond motifs is 1. The molecule has 1 atom stereocenters. The smallest absolute Gasteiger partial charge is 0.435 e. The second-order valence-corrected chi connectivity index (χ2v) is 8.25. The van der Waals surface area contributed by atoms with Crippen LogP contribution in [0.15, 0.2) is 12.3 Å². The molecule has 2 spiro atoms. The summed E-state index contributed by atoms with van der Waals surface area (Å²) < 4.78 is 11.9. The van der Waals surface area contributed by atoms with Crippen molar-refractivity contribution in [1.29, 1.82) is 0 Å². The Morgan fingerprint density at radius 2 is 2.00 bits per heavy atom. The lowest BCUT2D eigenvalue weighted by Gasteiger charge is -2.18. The van der Waals surface area contributed by atoms with Gasteiger partial charge in [0.25, 0.3) is 0 Å². The highest BCUT2D eigenvalue weighted by atomic mass is 16.6. The van der Waals surface area contributed by atoms with E-state index in [0.29, 0.717) is 22.6 Å². The van der Waals surface area contributed by atoms with Crippen molar-refractivity contribution in [2.24, 2.45) is 16.7 Å². The molecule has 4 rings (SSSR count). The third-order valence-electron chi connectivity index (χ3n) is 5.61. The van der Waals surface area contributed by atoms with Crippen LogP contribution in [0.2, 0.25) is 0 Å². The van der Waals surface area contributed by atoms with Crippen molar-refractivity contribution in [3.05, 3.63) is 12.3 Å². The van der Waals surface area contributed by atoms with E-state index in [-0.39, 0.29) is 6.61 Å². The minimum Gasteiger partial charge on any atom is -0.474 e. The number of carbonyl (C=O) groups is 1. The van der Waals surface area contributed by atoms with Gasteiger partial charge in [0.1, 0.15) is 12.2 Å². The van der Waals surface area contributed by atoms with Crippen LogP contribution in [0.4, 0.5) is 4.79 Å². The van der Waals surface area contributed by atoms with Gasteiger partial charge in [0.2, 0.25) is 5.88 Å². The van der Waals surface area contributed by atoms with Crippen molar-refractivity contribution < 1.29 is 19.4 Å². The maximum Gasteiger partial charge on any atom is 0.435 e. The molecule has 3 fully saturated rings. The van der Waals surface area contributed by atoms with Crippen LogP contribution in [0.1, 0.15) is 46.5 Å². The van der Waals surface area contributed by atoms with Crippen molar-refractivity contribution in [3.8, 4) is 5.88 Å². The van der Waals surface area contributed by atoms with E-state index in [4.69, 9.17) is 9.47 Å². The second kappa shape index (κ2) is 4.50. The molecule has 23 heavy (non-hydrogen) atoms. The molecule has 0 aliphatic heterocycles. The summed E-state index contributed by atoms with van der Waals surface area (Å²) in [4.78, 5) is 11.9. The summed E-state index contributed by atoms with van der Waals surface area (Å²) >= 11 is 0. The van der Waals surface area contributed by atoms with E-state index in [9.17, 15) is 9.90 Å². The standard InChI is InChI=1S/C17H24N2O4/c1-15(2,3)23-14(21)19-9-4-12(18-19)22-10-11(20)13-16(5-6-16)17(13)7-8-17/h4,9,11,13,20H,5-8,10H2,1-3H3/t11-/m1/s1. The van der Waals surface area contributed by atoms with Gasteiger partial charge in [0, 0.05) is 18.2 Å². The van der Waals surface area contributed by atoms with Crippen LogP contribution in [-0.2, 0) is 4.74 Å². The minimum absolute atomic E-state index is 0.236. The molecule has 3 aliphatic carbocycles. The molecular formula is C17H24N2O4. The molecule has 6 heteroatoms. The summed E-state index contributed by atoms with van der Waals surface area (Å²) in [7, 11) is 0. The zero-order valence-electron chi connectivity index (χ0n) is 13.9. The predicted molar refractivity (Wildman–Crippen MR) is 82.2 cm³/mol. The maximum atomic E-state index is 11.9. The first-order valence-electron chi connectivity index (χ1n) is 8.37. The number of aliphatic hydroxyl groups is 1. The predicted octanol–water partition coefficient (Wildman–Crippen LogP) is 2.60. The van der Waals surface area contributed by atoms with E-state index in [1.54, 1.807) is 26.8 Å². The molecule has 0 radical (unpaired) electrons. The molecule has 1 aromatic heterocycles. The lowest BCUT2D eigenvalue weighted by Crippen LogP contribution is -2.27. The van der Waals surface area contributed by atoms with E-state index >= 15 is 0 Å². The molecule has 0 saturated heterocycles. The maximum absolute atomic E-state index is 11.9. The number of ether oxygens (including phenoxy) is 2. The van der Waals surface area contributed by atoms with Crippen LogP contribution >= 0.6 is 0 Å². The van der Waals surface area contributed by atoms with Crippen molar-refractivity contribution in [2.75, 3.05) is 6.61 Å². The lowest BCUT2D eigenvalue weighted by atomic mass is 10.2. The molecule has 0 unspecified atom stereocenters. The van der Waals surface area contributed by atoms with Gasteiger partial charge in [-0.15, -0.1) is 5.10 Å². The van der Waals surface area contributed by atoms with E-state index in [1.807, 2.05) is 0 Å². The van der Waals surface area contributed by atoms with E-state index in [0.717, 1.165) is 4.68 Å². The SMILES string of the molecule is CC(C)(C)OC(=O)n1ccc(OC[C@@H](O)C2C3(CC3)C23CC3)n1. The summed E-state index contributed by atoms with van der Waals surface area (Å²) in [6, 6.07) is 1.61. The molecule has 6 nitrogen and oxygen atoms in total. The van der Waals surface area contributed by atoms with Gasteiger partial charge >= 0.3 is 6.09 Å². The average Bonchev–Trinajstić information content (AvgIpc) is 3.39. The Morgan fingerprint density at radius 1 is 1.39 bits per heavy atom. The minimum atomic E-state index is -0.566. The fraction of sp³-hybridized carbons (Fsp3) is 0.765. The molecule has 0 aromatic carbocycles. The summed E-state index contributed by atoms with van der Waals surface area (Å²) in [5.41, 5.74) is 0.334. The highest BCUT2D eigenvalue weighted by molar-refractivity contribution is 5.69. The number of carbonyl (C=O) groups excluding carboxylic acids is 1. The lowest BCUT2D eigenvalue weighted by molar-refractivity contribution is 0.0506. The molecule has 0 amide bonds. The third kappa shape index (κ3) is 2.35. The van der Waals surface area contributed by atoms with Crippen molar-refractivity contribution in [2.45, 2.75) is 58.2 Å². The molecule has 1 aromatic rings. The first-order valence-corrected chi connectivity index (χ1v) is 8.37. The van der Waals surface area contributed by atoms with Gasteiger partial charge < -0.3 is 14.6 Å². The Labute approximate surface area is 135 Å². The van der Waals surface area contributed by atoms with Crippen LogP contribution in [0, 0.1) is 16.7 Å². The normalized spacial score (nSPS) is 24.5. The summed E-state index contributed by atoms with van der Waals surface area (Å²) in [5, 5.41) is 14.5. The van der Waals surface area contributed by atoms with Crippen LogP contribution in [0.25, 0.3) is 0 Å². The molecule has 1 heterocycles. The Morgan fingerprint density at radius 3 is 2.52 bits per heavy atom. The fourth-order valence-corrected chi connectivity index (χ4v) is 4.46. The third-order valence-corrected chi connectivity index (χ3v) is 5.61. The number of hydrogen-bond acceptors (Lipinski definition) is 5. The molecular weight excluding hydrogens is 296 g/mol. The topological polar surface area (TPSA) is 73.6 Å². The van der Waals surface area contributed by atoms with Crippen LogP contribution < -0.4 is 4.74 Å². The van der Waals surface area contributed by atoms with E-state index in [1.165, 1.54) is 31.9 Å². The van der Waals surface area contributed by atoms with Gasteiger partial charge in [0.05, 0.1) is 6.10 Å². The zero-order chi connectivity index (χ0) is 16.5. The van der Waals surface area contributed by atoms with Gasteiger partial charge in [-0.2, -0.15) is 4.68 Å². The van der Waals surface area contributed by atoms with Crippen molar-refractivity contribution in [3.63, 3.8) is 0 Å². The summed E-state index contributed by atoms with van der Waals surface area (Å²) in [6.45, 7) is 5.65. The van der Waals surface area contributed by atoms with Crippen LogP contribution in [0.5, 0.6) is 5.88 Å². The van der Waals surface area contributed by atoms with Gasteiger partial charge in [0.15, 0.2) is 0 Å². The first kappa shape index (κ1) is 15.0. The van der Waals surface area contributed by atoms with Crippen molar-refractivity contribution in [1.82, 2.24) is 9.78 Å². The molecule has 1 N–H and O–H groups in total. The fourth-order valence-electron chi connectivity index (χ4n) is 4.46. The first-order chi connectivity index (χ1) is 10.8. The van der Waals surface area contributed by atoms with Gasteiger partial charge in [-0.1, -0.05) is 0 Å². The number of rotatable bonds is 4. The van der Waals surface area contributed by atoms with E-state index in [2.05, 4.69) is 5.10 Å². The number of aliphatic hydroxyl groups excluding tert-OH is 1. The monoisotopic (exact) mass is 320 g/mol. The van der Waals surface area contributed by atoms with Crippen LogP contribution in [0.3, 0.4) is 0 Å². The number of hydrogen-bond donors (Lipinski definition) is 1. The molecule has 126 valence electrons. The number of aromatic nitrogens is 2. The van der Waals surface area contributed by atoms with Gasteiger partial charge in [-0.3, -0.25) is 0 Å². The zero-order valence-corrected chi connectivity index (χ0v) is 13.9. The quantitative estimate of drug-likeness (QED) is 0.923. The Balaban J connectivity index is 1.31. The highest BCUT2D eigenvalue weighted by Crippen LogP contribution is 2.93. The highest BCUT2D eigenvalue weighted by Gasteiger charge is 2.87. The molecule has 0 bridgehead atoms. The Hall–Kier alpha value is -1.56. The summed E-state index contributed by atoms with van der Waals surface area (Å²) in [5.74, 6) is 0.744. The largest absolute Gasteiger partial charge is 0.474 e. The second-order valence-electron chi connectivity index (χ2n) is 8.25. The number of nitrogens with zero attached hydrogens (tertiary/aromatic N) is 2. The van der Waals surface area contributed by atoms with E-state index < -0.39 is 17.8 Å². The molecule has 3 saturated carbocycles. The molecule has 3 aliphatic rings.